The van der Waals surface area contributed by atoms with Gasteiger partial charge in [-0.2, -0.15) is 18.3 Å². The molecule has 0 radical (unpaired) electrons. The van der Waals surface area contributed by atoms with Gasteiger partial charge in [-0.25, -0.2) is 4.98 Å². The van der Waals surface area contributed by atoms with E-state index in [2.05, 4.69) is 20.5 Å². The molecule has 0 fully saturated rings. The maximum atomic E-state index is 13.2. The summed E-state index contributed by atoms with van der Waals surface area (Å²) in [7, 11) is 0. The van der Waals surface area contributed by atoms with Crippen molar-refractivity contribution < 1.29 is 13.2 Å². The molecule has 2 heterocycles. The lowest BCUT2D eigenvalue weighted by Gasteiger charge is -2.12. The van der Waals surface area contributed by atoms with Crippen LogP contribution in [0.3, 0.4) is 0 Å². The average molecular weight is 377 g/mol. The molecule has 26 heavy (non-hydrogen) atoms. The zero-order chi connectivity index (χ0) is 18.6. The number of halogens is 4. The van der Waals surface area contributed by atoms with Gasteiger partial charge < -0.3 is 0 Å². The maximum absolute atomic E-state index is 13.2. The Morgan fingerprint density at radius 2 is 1.73 bits per heavy atom. The first-order valence-electron chi connectivity index (χ1n) is 7.48. The van der Waals surface area contributed by atoms with E-state index in [0.29, 0.717) is 17.0 Å². The van der Waals surface area contributed by atoms with E-state index in [1.165, 1.54) is 0 Å². The number of benzene rings is 1. The predicted molar refractivity (Wildman–Crippen MR) is 94.2 cm³/mol. The van der Waals surface area contributed by atoms with Gasteiger partial charge in [-0.05, 0) is 18.2 Å². The van der Waals surface area contributed by atoms with E-state index in [1.54, 1.807) is 48.7 Å². The van der Waals surface area contributed by atoms with Crippen molar-refractivity contribution in [2.24, 2.45) is 5.10 Å². The Bertz CT molecular complexity index is 871. The molecule has 1 aromatic carbocycles. The lowest BCUT2D eigenvalue weighted by Crippen LogP contribution is -2.13. The molecule has 3 rings (SSSR count). The molecule has 3 aromatic rings. The summed E-state index contributed by atoms with van der Waals surface area (Å²) >= 11 is 5.64. The molecule has 8 heteroatoms. The van der Waals surface area contributed by atoms with Crippen molar-refractivity contribution in [1.82, 2.24) is 9.97 Å². The number of nitrogens with zero attached hydrogens (tertiary/aromatic N) is 3. The molecule has 1 N–H and O–H groups in total. The summed E-state index contributed by atoms with van der Waals surface area (Å²) < 4.78 is 39.6. The first-order chi connectivity index (χ1) is 12.4. The van der Waals surface area contributed by atoms with Crippen LogP contribution in [-0.4, -0.2) is 15.7 Å². The highest BCUT2D eigenvalue weighted by Gasteiger charge is 2.34. The van der Waals surface area contributed by atoms with Gasteiger partial charge in [0.25, 0.3) is 0 Å². The van der Waals surface area contributed by atoms with Crippen molar-refractivity contribution in [2.45, 2.75) is 6.18 Å². The second-order valence-electron chi connectivity index (χ2n) is 5.20. The molecule has 0 spiro atoms. The van der Waals surface area contributed by atoms with E-state index < -0.39 is 17.6 Å². The van der Waals surface area contributed by atoms with E-state index in [0.717, 1.165) is 12.3 Å². The van der Waals surface area contributed by atoms with Crippen LogP contribution in [-0.2, 0) is 6.18 Å². The molecule has 0 amide bonds. The van der Waals surface area contributed by atoms with Gasteiger partial charge in [0.2, 0.25) is 0 Å². The van der Waals surface area contributed by atoms with Crippen molar-refractivity contribution in [1.29, 1.82) is 0 Å². The van der Waals surface area contributed by atoms with Crippen LogP contribution in [0.5, 0.6) is 0 Å². The minimum absolute atomic E-state index is 0.111. The summed E-state index contributed by atoms with van der Waals surface area (Å²) in [6.07, 6.45) is -1.92. The van der Waals surface area contributed by atoms with Gasteiger partial charge in [-0.15, -0.1) is 0 Å². The molecule has 0 aliphatic rings. The van der Waals surface area contributed by atoms with Gasteiger partial charge >= 0.3 is 6.18 Å². The van der Waals surface area contributed by atoms with E-state index in [1.807, 2.05) is 6.07 Å². The zero-order valence-corrected chi connectivity index (χ0v) is 14.0. The van der Waals surface area contributed by atoms with Gasteiger partial charge in [0, 0.05) is 18.0 Å². The fourth-order valence-corrected chi connectivity index (χ4v) is 2.38. The lowest BCUT2D eigenvalue weighted by atomic mass is 10.1. The molecule has 0 saturated heterocycles. The zero-order valence-electron chi connectivity index (χ0n) is 13.2. The lowest BCUT2D eigenvalue weighted by molar-refractivity contribution is -0.137. The third-order valence-corrected chi connectivity index (χ3v) is 3.59. The highest BCUT2D eigenvalue weighted by Crippen LogP contribution is 2.35. The molecule has 4 nitrogen and oxygen atoms in total. The molecular weight excluding hydrogens is 365 g/mol. The Morgan fingerprint density at radius 3 is 2.38 bits per heavy atom. The fraction of sp³-hybridized carbons (Fsp3) is 0.0556. The van der Waals surface area contributed by atoms with Crippen molar-refractivity contribution in [3.05, 3.63) is 88.8 Å². The standard InChI is InChI=1S/C18H12ClF3N4/c19-13-10-14(18(20,21)22)17(24-11-13)26-25-16(12-6-2-1-3-7-12)15-8-4-5-9-23-15/h1-11H,(H,24,26)/b25-16-. The molecular formula is C18H12ClF3N4. The normalized spacial score (nSPS) is 12.1. The summed E-state index contributed by atoms with van der Waals surface area (Å²) in [5, 5.41) is 4.03. The van der Waals surface area contributed by atoms with Crippen LogP contribution in [0.4, 0.5) is 19.0 Å². The molecule has 0 aliphatic heterocycles. The van der Waals surface area contributed by atoms with Gasteiger partial charge in [-0.3, -0.25) is 10.4 Å². The first-order valence-corrected chi connectivity index (χ1v) is 7.86. The Hall–Kier alpha value is -2.93. The topological polar surface area (TPSA) is 50.2 Å². The largest absolute Gasteiger partial charge is 0.420 e. The molecule has 0 bridgehead atoms. The summed E-state index contributed by atoms with van der Waals surface area (Å²) in [6.45, 7) is 0. The molecule has 0 atom stereocenters. The summed E-state index contributed by atoms with van der Waals surface area (Å²) in [5.41, 5.74) is 2.99. The quantitative estimate of drug-likeness (QED) is 0.514. The summed E-state index contributed by atoms with van der Waals surface area (Å²) in [4.78, 5) is 7.93. The van der Waals surface area contributed by atoms with Gasteiger partial charge in [-0.1, -0.05) is 48.0 Å². The van der Waals surface area contributed by atoms with Crippen molar-refractivity contribution in [2.75, 3.05) is 5.43 Å². The van der Waals surface area contributed by atoms with Crippen molar-refractivity contribution >= 4 is 23.1 Å². The molecule has 132 valence electrons. The third kappa shape index (κ3) is 4.18. The van der Waals surface area contributed by atoms with Crippen molar-refractivity contribution in [3.8, 4) is 0 Å². The van der Waals surface area contributed by atoms with Gasteiger partial charge in [0.05, 0.1) is 10.7 Å². The smallest absolute Gasteiger partial charge is 0.260 e. The number of anilines is 1. The van der Waals surface area contributed by atoms with Crippen LogP contribution in [0, 0.1) is 0 Å². The van der Waals surface area contributed by atoms with Gasteiger partial charge in [0.15, 0.2) is 5.82 Å². The van der Waals surface area contributed by atoms with E-state index >= 15 is 0 Å². The minimum atomic E-state index is -4.62. The monoisotopic (exact) mass is 376 g/mol. The predicted octanol–water partition coefficient (Wildman–Crippen LogP) is 5.01. The van der Waals surface area contributed by atoms with Crippen LogP contribution in [0.15, 0.2) is 72.1 Å². The van der Waals surface area contributed by atoms with Crippen LogP contribution >= 0.6 is 11.6 Å². The molecule has 0 aliphatic carbocycles. The fourth-order valence-electron chi connectivity index (χ4n) is 2.22. The Labute approximate surface area is 152 Å². The SMILES string of the molecule is FC(F)(F)c1cc(Cl)cnc1N/N=C(/c1ccccc1)c1ccccn1. The van der Waals surface area contributed by atoms with E-state index in [9.17, 15) is 13.2 Å². The number of alkyl halides is 3. The molecule has 2 aromatic heterocycles. The van der Waals surface area contributed by atoms with Crippen LogP contribution in [0.25, 0.3) is 0 Å². The second kappa shape index (κ2) is 7.53. The Kier molecular flexibility index (Phi) is 5.18. The summed E-state index contributed by atoms with van der Waals surface area (Å²) in [5.74, 6) is -0.439. The number of hydrogen-bond donors (Lipinski definition) is 1. The molecule has 0 saturated carbocycles. The number of hydrazone groups is 1. The number of rotatable bonds is 4. The average Bonchev–Trinajstić information content (AvgIpc) is 2.64. The Balaban J connectivity index is 2.03. The first kappa shape index (κ1) is 17.9. The maximum Gasteiger partial charge on any atom is 0.420 e. The Morgan fingerprint density at radius 1 is 1.00 bits per heavy atom. The van der Waals surface area contributed by atoms with Crippen LogP contribution in [0.1, 0.15) is 16.8 Å². The summed E-state index contributed by atoms with van der Waals surface area (Å²) in [6, 6.07) is 15.0. The van der Waals surface area contributed by atoms with E-state index in [4.69, 9.17) is 11.6 Å². The van der Waals surface area contributed by atoms with Crippen LogP contribution in [0.2, 0.25) is 5.02 Å². The highest BCUT2D eigenvalue weighted by molar-refractivity contribution is 6.30. The molecule has 0 unspecified atom stereocenters. The van der Waals surface area contributed by atoms with Gasteiger partial charge in [0.1, 0.15) is 11.3 Å². The number of pyridine rings is 2. The van der Waals surface area contributed by atoms with Crippen LogP contribution < -0.4 is 5.43 Å². The van der Waals surface area contributed by atoms with E-state index in [-0.39, 0.29) is 5.02 Å². The number of hydrogen-bond acceptors (Lipinski definition) is 4. The highest BCUT2D eigenvalue weighted by atomic mass is 35.5. The van der Waals surface area contributed by atoms with Crippen molar-refractivity contribution in [3.63, 3.8) is 0 Å². The second-order valence-corrected chi connectivity index (χ2v) is 5.64. The number of nitrogens with one attached hydrogen (secondary N) is 1. The number of aromatic nitrogens is 2. The third-order valence-electron chi connectivity index (χ3n) is 3.39. The minimum Gasteiger partial charge on any atom is -0.260 e.